The predicted octanol–water partition coefficient (Wildman–Crippen LogP) is 5.09. The summed E-state index contributed by atoms with van der Waals surface area (Å²) < 4.78 is 0. The first-order valence-corrected chi connectivity index (χ1v) is 10.3. The second kappa shape index (κ2) is 9.43. The second-order valence-corrected chi connectivity index (χ2v) is 7.42. The number of fused-ring (bicyclic) bond motifs is 1. The summed E-state index contributed by atoms with van der Waals surface area (Å²) >= 11 is 0. The molecule has 0 radical (unpaired) electrons. The van der Waals surface area contributed by atoms with Gasteiger partial charge in [-0.3, -0.25) is 16.1 Å². The number of imidazole rings is 1. The quantitative estimate of drug-likeness (QED) is 0.184. The molecule has 0 bridgehead atoms. The summed E-state index contributed by atoms with van der Waals surface area (Å²) in [6.07, 6.45) is 4.66. The van der Waals surface area contributed by atoms with Gasteiger partial charge in [-0.2, -0.15) is 0 Å². The van der Waals surface area contributed by atoms with Gasteiger partial charge in [0, 0.05) is 33.8 Å². The molecule has 5 N–H and O–H groups in total. The van der Waals surface area contributed by atoms with Gasteiger partial charge >= 0.3 is 0 Å². The van der Waals surface area contributed by atoms with E-state index < -0.39 is 0 Å². The van der Waals surface area contributed by atoms with Crippen molar-refractivity contribution in [3.05, 3.63) is 90.3 Å². The number of H-pyrrole nitrogens is 2. The van der Waals surface area contributed by atoms with Gasteiger partial charge in [0.2, 0.25) is 0 Å². The molecule has 6 nitrogen and oxygen atoms in total. The first-order chi connectivity index (χ1) is 15.7. The van der Waals surface area contributed by atoms with Gasteiger partial charge in [-0.15, -0.1) is 0 Å². The largest absolute Gasteiger partial charge is 0.360 e. The van der Waals surface area contributed by atoms with Gasteiger partial charge < -0.3 is 9.97 Å². The third kappa shape index (κ3) is 4.09. The number of hydrogen-bond donors (Lipinski definition) is 4. The average molecular weight is 424 g/mol. The van der Waals surface area contributed by atoms with Crippen LogP contribution in [-0.2, 0) is 0 Å². The number of aryl methyl sites for hydroxylation is 1. The Morgan fingerprint density at radius 2 is 1.62 bits per heavy atom. The van der Waals surface area contributed by atoms with Crippen LogP contribution in [-0.4, -0.2) is 28.3 Å². The summed E-state index contributed by atoms with van der Waals surface area (Å²) in [5, 5.41) is 1.03. The smallest absolute Gasteiger partial charge is 0.150 e. The van der Waals surface area contributed by atoms with Crippen LogP contribution < -0.4 is 11.3 Å². The van der Waals surface area contributed by atoms with Gasteiger partial charge in [-0.05, 0) is 36.7 Å². The Balaban J connectivity index is 0.000000775. The molecule has 0 aliphatic rings. The van der Waals surface area contributed by atoms with Gasteiger partial charge in [-0.1, -0.05) is 60.7 Å². The maximum Gasteiger partial charge on any atom is 0.150 e. The third-order valence-corrected chi connectivity index (χ3v) is 5.33. The summed E-state index contributed by atoms with van der Waals surface area (Å²) in [6.45, 7) is 2.13. The lowest BCUT2D eigenvalue weighted by atomic mass is 9.95. The fourth-order valence-corrected chi connectivity index (χ4v) is 3.84. The highest BCUT2D eigenvalue weighted by Gasteiger charge is 2.14. The van der Waals surface area contributed by atoms with Crippen molar-refractivity contribution in [2.24, 2.45) is 5.84 Å². The van der Waals surface area contributed by atoms with Crippen LogP contribution in [0, 0.1) is 6.92 Å². The lowest BCUT2D eigenvalue weighted by Gasteiger charge is -2.10. The Bertz CT molecular complexity index is 1370. The van der Waals surface area contributed by atoms with E-state index in [-0.39, 0.29) is 0 Å². The van der Waals surface area contributed by atoms with E-state index in [9.17, 15) is 4.79 Å². The van der Waals surface area contributed by atoms with Crippen molar-refractivity contribution in [1.82, 2.24) is 20.4 Å². The number of aldehydes is 1. The molecule has 0 saturated carbocycles. The molecule has 32 heavy (non-hydrogen) atoms. The molecule has 3 aromatic carbocycles. The molecule has 0 aliphatic carbocycles. The molecule has 2 aromatic heterocycles. The monoisotopic (exact) mass is 423 g/mol. The van der Waals surface area contributed by atoms with Crippen LogP contribution in [0.4, 0.5) is 0 Å². The molecule has 0 spiro atoms. The zero-order chi connectivity index (χ0) is 22.5. The van der Waals surface area contributed by atoms with E-state index in [1.165, 1.54) is 16.7 Å². The minimum absolute atomic E-state index is 0.651. The molecule has 0 saturated heterocycles. The average Bonchev–Trinajstić information content (AvgIpc) is 3.46. The Hall–Kier alpha value is -4.00. The van der Waals surface area contributed by atoms with Gasteiger partial charge in [0.15, 0.2) is 0 Å². The zero-order valence-corrected chi connectivity index (χ0v) is 18.0. The SMILES string of the molecule is CNN.Cc1ccccc1-c1ccccc1-c1cnc(-c2c[nH]c3cc(C=O)ccc23)[nH]1. The Morgan fingerprint density at radius 1 is 0.938 bits per heavy atom. The first-order valence-electron chi connectivity index (χ1n) is 10.3. The summed E-state index contributed by atoms with van der Waals surface area (Å²) in [5.74, 6) is 5.39. The minimum atomic E-state index is 0.651. The van der Waals surface area contributed by atoms with Crippen LogP contribution in [0.5, 0.6) is 0 Å². The van der Waals surface area contributed by atoms with E-state index in [4.69, 9.17) is 0 Å². The molecule has 0 aliphatic heterocycles. The third-order valence-electron chi connectivity index (χ3n) is 5.33. The van der Waals surface area contributed by atoms with Crippen LogP contribution >= 0.6 is 0 Å². The number of carbonyl (C=O) groups excluding carboxylic acids is 1. The van der Waals surface area contributed by atoms with E-state index >= 15 is 0 Å². The first kappa shape index (κ1) is 21.2. The number of benzene rings is 3. The fourth-order valence-electron chi connectivity index (χ4n) is 3.84. The number of nitrogens with zero attached hydrogens (tertiary/aromatic N) is 1. The molecule has 2 heterocycles. The van der Waals surface area contributed by atoms with E-state index in [1.807, 2.05) is 36.7 Å². The van der Waals surface area contributed by atoms with Crippen molar-refractivity contribution in [2.45, 2.75) is 6.92 Å². The van der Waals surface area contributed by atoms with Gasteiger partial charge in [0.05, 0.1) is 11.9 Å². The van der Waals surface area contributed by atoms with E-state index in [2.05, 4.69) is 75.6 Å². The second-order valence-electron chi connectivity index (χ2n) is 7.42. The lowest BCUT2D eigenvalue weighted by molar-refractivity contribution is 0.112. The summed E-state index contributed by atoms with van der Waals surface area (Å²) in [7, 11) is 1.65. The van der Waals surface area contributed by atoms with Gasteiger partial charge in [0.25, 0.3) is 0 Å². The van der Waals surface area contributed by atoms with Crippen molar-refractivity contribution < 1.29 is 4.79 Å². The van der Waals surface area contributed by atoms with Crippen LogP contribution in [0.25, 0.3) is 44.7 Å². The van der Waals surface area contributed by atoms with Crippen LogP contribution in [0.3, 0.4) is 0 Å². The number of aromatic amines is 2. The summed E-state index contributed by atoms with van der Waals surface area (Å²) in [4.78, 5) is 22.4. The highest BCUT2D eigenvalue weighted by atomic mass is 16.1. The summed E-state index contributed by atoms with van der Waals surface area (Å²) in [5.41, 5.74) is 10.5. The van der Waals surface area contributed by atoms with Crippen LogP contribution in [0.2, 0.25) is 0 Å². The van der Waals surface area contributed by atoms with E-state index in [1.54, 1.807) is 7.05 Å². The zero-order valence-electron chi connectivity index (χ0n) is 18.0. The van der Waals surface area contributed by atoms with Gasteiger partial charge in [0.1, 0.15) is 12.1 Å². The highest BCUT2D eigenvalue weighted by Crippen LogP contribution is 2.34. The van der Waals surface area contributed by atoms with Crippen molar-refractivity contribution >= 4 is 17.2 Å². The van der Waals surface area contributed by atoms with Gasteiger partial charge in [-0.25, -0.2) is 4.98 Å². The molecule has 160 valence electrons. The van der Waals surface area contributed by atoms with E-state index in [0.29, 0.717) is 5.56 Å². The maximum atomic E-state index is 11.0. The number of hydrogen-bond acceptors (Lipinski definition) is 4. The van der Waals surface area contributed by atoms with Crippen LogP contribution in [0.1, 0.15) is 15.9 Å². The number of aromatic nitrogens is 3. The Kier molecular flexibility index (Phi) is 6.26. The Morgan fingerprint density at radius 3 is 2.34 bits per heavy atom. The maximum absolute atomic E-state index is 11.0. The minimum Gasteiger partial charge on any atom is -0.360 e. The molecular formula is C26H25N5O. The normalized spacial score (nSPS) is 10.6. The molecule has 0 atom stereocenters. The standard InChI is InChI=1S/C25H19N3O.CH6N2/c1-16-6-2-3-7-18(16)19-8-4-5-9-20(19)24-14-27-25(28-24)22-13-26-23-12-17(15-29)10-11-21(22)23;1-3-2/h2-15,26H,1H3,(H,27,28);3H,2H2,1H3. The molecule has 5 rings (SSSR count). The molecule has 0 amide bonds. The van der Waals surface area contributed by atoms with Crippen molar-refractivity contribution in [2.75, 3.05) is 7.05 Å². The fraction of sp³-hybridized carbons (Fsp3) is 0.0769. The Labute approximate surface area is 186 Å². The highest BCUT2D eigenvalue weighted by molar-refractivity contribution is 5.97. The number of rotatable bonds is 4. The summed E-state index contributed by atoms with van der Waals surface area (Å²) in [6, 6.07) is 22.4. The molecule has 6 heteroatoms. The van der Waals surface area contributed by atoms with Crippen molar-refractivity contribution in [3.8, 4) is 33.8 Å². The molecule has 0 fully saturated rings. The van der Waals surface area contributed by atoms with Crippen molar-refractivity contribution in [3.63, 3.8) is 0 Å². The molecule has 5 aromatic rings. The number of carbonyl (C=O) groups is 1. The van der Waals surface area contributed by atoms with Crippen LogP contribution in [0.15, 0.2) is 79.1 Å². The number of hydrazine groups is 1. The number of nitrogens with one attached hydrogen (secondary N) is 3. The van der Waals surface area contributed by atoms with E-state index in [0.717, 1.165) is 39.8 Å². The molecule has 0 unspecified atom stereocenters. The molecular weight excluding hydrogens is 398 g/mol. The van der Waals surface area contributed by atoms with Crippen molar-refractivity contribution in [1.29, 1.82) is 0 Å². The topological polar surface area (TPSA) is 99.6 Å². The lowest BCUT2D eigenvalue weighted by Crippen LogP contribution is -2.13. The predicted molar refractivity (Wildman–Crippen MR) is 130 cm³/mol. The number of nitrogens with two attached hydrogens (primary N) is 1.